The lowest BCUT2D eigenvalue weighted by atomic mass is 9.96. The number of aliphatic carboxylic acids is 1. The van der Waals surface area contributed by atoms with Crippen LogP contribution < -0.4 is 5.73 Å². The highest BCUT2D eigenvalue weighted by atomic mass is 79.9. The highest BCUT2D eigenvalue weighted by molar-refractivity contribution is 9.10. The monoisotopic (exact) mass is 275 g/mol. The molecule has 0 fully saturated rings. The van der Waals surface area contributed by atoms with E-state index in [1.807, 2.05) is 0 Å². The fourth-order valence-corrected chi connectivity index (χ4v) is 1.97. The predicted molar refractivity (Wildman–Crippen MR) is 59.2 cm³/mol. The summed E-state index contributed by atoms with van der Waals surface area (Å²) in [6.45, 7) is 1.75. The first kappa shape index (κ1) is 12.0. The number of carboxylic acids is 1. The van der Waals surface area contributed by atoms with Crippen molar-refractivity contribution in [3.05, 3.63) is 28.0 Å². The van der Waals surface area contributed by atoms with E-state index in [4.69, 9.17) is 10.8 Å². The van der Waals surface area contributed by atoms with Crippen molar-refractivity contribution in [2.75, 3.05) is 5.73 Å². The van der Waals surface area contributed by atoms with Crippen molar-refractivity contribution in [2.45, 2.75) is 19.3 Å². The van der Waals surface area contributed by atoms with Gasteiger partial charge in [0.25, 0.3) is 0 Å². The molecule has 0 amide bonds. The van der Waals surface area contributed by atoms with Gasteiger partial charge in [0.15, 0.2) is 0 Å². The molecule has 5 heteroatoms. The van der Waals surface area contributed by atoms with Gasteiger partial charge in [-0.3, -0.25) is 4.79 Å². The zero-order valence-electron chi connectivity index (χ0n) is 8.13. The van der Waals surface area contributed by atoms with E-state index in [1.165, 1.54) is 12.1 Å². The normalized spacial score (nSPS) is 12.5. The molecule has 0 saturated heterocycles. The lowest BCUT2D eigenvalue weighted by molar-refractivity contribution is -0.138. The topological polar surface area (TPSA) is 63.3 Å². The number of hydrogen-bond acceptors (Lipinski definition) is 2. The molecule has 0 aliphatic rings. The van der Waals surface area contributed by atoms with Gasteiger partial charge in [0.2, 0.25) is 0 Å². The maximum Gasteiger partial charge on any atom is 0.311 e. The van der Waals surface area contributed by atoms with E-state index in [-0.39, 0.29) is 5.69 Å². The van der Waals surface area contributed by atoms with Crippen molar-refractivity contribution in [2.24, 2.45) is 0 Å². The minimum Gasteiger partial charge on any atom is -0.481 e. The largest absolute Gasteiger partial charge is 0.481 e. The minimum atomic E-state index is -0.941. The first-order valence-electron chi connectivity index (χ1n) is 4.44. The van der Waals surface area contributed by atoms with Crippen molar-refractivity contribution in [1.82, 2.24) is 0 Å². The van der Waals surface area contributed by atoms with Crippen molar-refractivity contribution in [1.29, 1.82) is 0 Å². The van der Waals surface area contributed by atoms with Gasteiger partial charge in [-0.15, -0.1) is 0 Å². The maximum absolute atomic E-state index is 13.0. The van der Waals surface area contributed by atoms with Crippen LogP contribution in [0.15, 0.2) is 16.6 Å². The van der Waals surface area contributed by atoms with Gasteiger partial charge < -0.3 is 10.8 Å². The summed E-state index contributed by atoms with van der Waals surface area (Å²) in [5.41, 5.74) is 5.86. The van der Waals surface area contributed by atoms with Crippen LogP contribution in [0.5, 0.6) is 0 Å². The van der Waals surface area contributed by atoms with Gasteiger partial charge in [-0.1, -0.05) is 22.9 Å². The molecular weight excluding hydrogens is 265 g/mol. The SMILES string of the molecule is CCC(C(=O)O)c1cc(N)c(F)cc1Br. The van der Waals surface area contributed by atoms with Crippen molar-refractivity contribution in [3.8, 4) is 0 Å². The van der Waals surface area contributed by atoms with Crippen molar-refractivity contribution < 1.29 is 14.3 Å². The van der Waals surface area contributed by atoms with Gasteiger partial charge in [-0.2, -0.15) is 0 Å². The van der Waals surface area contributed by atoms with Gasteiger partial charge in [-0.25, -0.2) is 4.39 Å². The zero-order valence-corrected chi connectivity index (χ0v) is 9.71. The average molecular weight is 276 g/mol. The van der Waals surface area contributed by atoms with E-state index in [0.717, 1.165) is 0 Å². The van der Waals surface area contributed by atoms with E-state index in [1.54, 1.807) is 6.92 Å². The Morgan fingerprint density at radius 2 is 2.27 bits per heavy atom. The van der Waals surface area contributed by atoms with Gasteiger partial charge >= 0.3 is 5.97 Å². The summed E-state index contributed by atoms with van der Waals surface area (Å²) in [5.74, 6) is -2.16. The first-order valence-corrected chi connectivity index (χ1v) is 5.23. The van der Waals surface area contributed by atoms with Gasteiger partial charge in [0.1, 0.15) is 5.82 Å². The second-order valence-electron chi connectivity index (χ2n) is 3.19. The molecule has 3 N–H and O–H groups in total. The smallest absolute Gasteiger partial charge is 0.311 e. The molecule has 0 radical (unpaired) electrons. The highest BCUT2D eigenvalue weighted by Gasteiger charge is 2.21. The fourth-order valence-electron chi connectivity index (χ4n) is 1.38. The van der Waals surface area contributed by atoms with Crippen LogP contribution in [0.4, 0.5) is 10.1 Å². The molecule has 1 unspecified atom stereocenters. The Morgan fingerprint density at radius 1 is 1.67 bits per heavy atom. The molecule has 15 heavy (non-hydrogen) atoms. The molecule has 0 bridgehead atoms. The standard InChI is InChI=1S/C10H11BrFNO2/c1-2-5(10(14)15)6-3-9(13)8(12)4-7(6)11/h3-5H,2,13H2,1H3,(H,14,15). The second-order valence-corrected chi connectivity index (χ2v) is 4.05. The van der Waals surface area contributed by atoms with Gasteiger partial charge in [0, 0.05) is 4.47 Å². The maximum atomic E-state index is 13.0. The molecule has 0 saturated carbocycles. The average Bonchev–Trinajstić information content (AvgIpc) is 2.14. The lowest BCUT2D eigenvalue weighted by Gasteiger charge is -2.13. The molecule has 0 aliphatic heterocycles. The molecule has 1 rings (SSSR count). The number of nitrogens with two attached hydrogens (primary N) is 1. The summed E-state index contributed by atoms with van der Waals surface area (Å²) in [7, 11) is 0. The number of rotatable bonds is 3. The fraction of sp³-hybridized carbons (Fsp3) is 0.300. The Balaban J connectivity index is 3.24. The summed E-state index contributed by atoms with van der Waals surface area (Å²) in [6.07, 6.45) is 0.430. The Kier molecular flexibility index (Phi) is 3.68. The Hall–Kier alpha value is -1.10. The molecule has 0 heterocycles. The molecule has 3 nitrogen and oxygen atoms in total. The molecule has 0 spiro atoms. The quantitative estimate of drug-likeness (QED) is 0.834. The summed E-state index contributed by atoms with van der Waals surface area (Å²) < 4.78 is 13.5. The molecule has 0 aliphatic carbocycles. The van der Waals surface area contributed by atoms with Crippen LogP contribution in [0.25, 0.3) is 0 Å². The molecule has 82 valence electrons. The van der Waals surface area contributed by atoms with Crippen molar-refractivity contribution in [3.63, 3.8) is 0 Å². The van der Waals surface area contributed by atoms with Crippen LogP contribution in [0.1, 0.15) is 24.8 Å². The zero-order chi connectivity index (χ0) is 11.6. The Bertz CT molecular complexity index is 395. The molecule has 1 atom stereocenters. The van der Waals surface area contributed by atoms with E-state index in [2.05, 4.69) is 15.9 Å². The summed E-state index contributed by atoms with van der Waals surface area (Å²) in [6, 6.07) is 2.55. The minimum absolute atomic E-state index is 0.0344. The van der Waals surface area contributed by atoms with E-state index in [9.17, 15) is 9.18 Å². The summed E-state index contributed by atoms with van der Waals surface area (Å²) in [5, 5.41) is 8.96. The molecular formula is C10H11BrFNO2. The van der Waals surface area contributed by atoms with Crippen molar-refractivity contribution >= 4 is 27.6 Å². The van der Waals surface area contributed by atoms with E-state index >= 15 is 0 Å². The van der Waals surface area contributed by atoms with Crippen LogP contribution in [0, 0.1) is 5.82 Å². The Labute approximate surface area is 95.2 Å². The van der Waals surface area contributed by atoms with Crippen LogP contribution >= 0.6 is 15.9 Å². The third-order valence-electron chi connectivity index (χ3n) is 2.20. The number of benzene rings is 1. The van der Waals surface area contributed by atoms with Crippen LogP contribution in [0.2, 0.25) is 0 Å². The third kappa shape index (κ3) is 2.47. The number of nitrogen functional groups attached to an aromatic ring is 1. The van der Waals surface area contributed by atoms with E-state index in [0.29, 0.717) is 16.5 Å². The first-order chi connectivity index (χ1) is 6.97. The summed E-state index contributed by atoms with van der Waals surface area (Å²) >= 11 is 3.13. The second kappa shape index (κ2) is 4.61. The highest BCUT2D eigenvalue weighted by Crippen LogP contribution is 2.31. The third-order valence-corrected chi connectivity index (χ3v) is 2.88. The lowest BCUT2D eigenvalue weighted by Crippen LogP contribution is -2.12. The molecule has 1 aromatic carbocycles. The Morgan fingerprint density at radius 3 is 2.73 bits per heavy atom. The number of carbonyl (C=O) groups is 1. The van der Waals surface area contributed by atoms with Crippen LogP contribution in [0.3, 0.4) is 0 Å². The number of anilines is 1. The summed E-state index contributed by atoms with van der Waals surface area (Å²) in [4.78, 5) is 10.9. The molecule has 1 aromatic rings. The van der Waals surface area contributed by atoms with Gasteiger partial charge in [-0.05, 0) is 24.1 Å². The number of carboxylic acid groups (broad SMARTS) is 1. The van der Waals surface area contributed by atoms with Gasteiger partial charge in [0.05, 0.1) is 11.6 Å². The van der Waals surface area contributed by atoms with Crippen LogP contribution in [-0.4, -0.2) is 11.1 Å². The predicted octanol–water partition coefficient (Wildman–Crippen LogP) is 2.75. The van der Waals surface area contributed by atoms with Crippen LogP contribution in [-0.2, 0) is 4.79 Å². The number of halogens is 2. The molecule has 0 aromatic heterocycles. The van der Waals surface area contributed by atoms with E-state index < -0.39 is 17.7 Å². The number of hydrogen-bond donors (Lipinski definition) is 2.